The van der Waals surface area contributed by atoms with E-state index in [0.29, 0.717) is 29.4 Å². The van der Waals surface area contributed by atoms with Crippen LogP contribution in [0.2, 0.25) is 0 Å². The number of benzene rings is 2. The molecular formula is C20H20O6. The SMILES string of the molecule is CCOc1cc(/C=C/C(=O)c2cccc(OCC(=O)O)c2)ccc1OC. The number of hydrogen-bond acceptors (Lipinski definition) is 5. The van der Waals surface area contributed by atoms with Crippen molar-refractivity contribution in [2.24, 2.45) is 0 Å². The number of ether oxygens (including phenoxy) is 3. The summed E-state index contributed by atoms with van der Waals surface area (Å²) < 4.78 is 15.8. The Morgan fingerprint density at radius 1 is 1.08 bits per heavy atom. The molecule has 0 aliphatic carbocycles. The van der Waals surface area contributed by atoms with Gasteiger partial charge < -0.3 is 19.3 Å². The van der Waals surface area contributed by atoms with Crippen molar-refractivity contribution in [1.82, 2.24) is 0 Å². The molecular weight excluding hydrogens is 336 g/mol. The molecule has 2 aromatic carbocycles. The number of aliphatic carboxylic acids is 1. The Morgan fingerprint density at radius 2 is 1.88 bits per heavy atom. The molecule has 0 saturated carbocycles. The lowest BCUT2D eigenvalue weighted by Gasteiger charge is -2.09. The monoisotopic (exact) mass is 356 g/mol. The van der Waals surface area contributed by atoms with E-state index in [1.807, 2.05) is 13.0 Å². The second-order valence-corrected chi connectivity index (χ2v) is 5.25. The topological polar surface area (TPSA) is 82.1 Å². The van der Waals surface area contributed by atoms with Crippen molar-refractivity contribution in [3.05, 3.63) is 59.7 Å². The van der Waals surface area contributed by atoms with E-state index in [9.17, 15) is 9.59 Å². The number of ketones is 1. The molecule has 0 heterocycles. The third kappa shape index (κ3) is 5.37. The number of carbonyl (C=O) groups excluding carboxylic acids is 1. The highest BCUT2D eigenvalue weighted by Gasteiger charge is 2.07. The number of carbonyl (C=O) groups is 2. The van der Waals surface area contributed by atoms with Crippen LogP contribution >= 0.6 is 0 Å². The first-order valence-electron chi connectivity index (χ1n) is 8.01. The van der Waals surface area contributed by atoms with Crippen LogP contribution in [0.1, 0.15) is 22.8 Å². The van der Waals surface area contributed by atoms with Crippen LogP contribution in [0.3, 0.4) is 0 Å². The molecule has 136 valence electrons. The standard InChI is InChI=1S/C20H20O6/c1-3-25-19-11-14(8-10-18(19)24-2)7-9-17(21)15-5-4-6-16(12-15)26-13-20(22)23/h4-12H,3,13H2,1-2H3,(H,22,23)/b9-7+. The van der Waals surface area contributed by atoms with Crippen LogP contribution < -0.4 is 14.2 Å². The largest absolute Gasteiger partial charge is 0.493 e. The molecule has 0 spiro atoms. The Labute approximate surface area is 151 Å². The highest BCUT2D eigenvalue weighted by molar-refractivity contribution is 6.07. The first kappa shape index (κ1) is 19.1. The zero-order chi connectivity index (χ0) is 18.9. The minimum Gasteiger partial charge on any atom is -0.493 e. The number of hydrogen-bond donors (Lipinski definition) is 1. The maximum Gasteiger partial charge on any atom is 0.341 e. The van der Waals surface area contributed by atoms with Crippen molar-refractivity contribution in [2.75, 3.05) is 20.3 Å². The van der Waals surface area contributed by atoms with E-state index in [2.05, 4.69) is 0 Å². The van der Waals surface area contributed by atoms with Crippen LogP contribution in [0, 0.1) is 0 Å². The summed E-state index contributed by atoms with van der Waals surface area (Å²) in [5, 5.41) is 8.64. The van der Waals surface area contributed by atoms with Gasteiger partial charge in [-0.3, -0.25) is 4.79 Å². The molecule has 0 unspecified atom stereocenters. The molecule has 0 saturated heterocycles. The van der Waals surface area contributed by atoms with Crippen LogP contribution in [0.5, 0.6) is 17.2 Å². The second kappa shape index (κ2) is 9.27. The average Bonchev–Trinajstić information content (AvgIpc) is 2.65. The zero-order valence-electron chi connectivity index (χ0n) is 14.6. The van der Waals surface area contributed by atoms with Crippen molar-refractivity contribution < 1.29 is 28.9 Å². The van der Waals surface area contributed by atoms with Gasteiger partial charge in [-0.2, -0.15) is 0 Å². The molecule has 0 radical (unpaired) electrons. The van der Waals surface area contributed by atoms with Gasteiger partial charge in [-0.25, -0.2) is 4.79 Å². The van der Waals surface area contributed by atoms with Gasteiger partial charge in [-0.1, -0.05) is 24.3 Å². The molecule has 2 aromatic rings. The van der Waals surface area contributed by atoms with Crippen molar-refractivity contribution in [3.63, 3.8) is 0 Å². The molecule has 0 aliphatic rings. The van der Waals surface area contributed by atoms with Crippen LogP contribution in [-0.2, 0) is 4.79 Å². The minimum atomic E-state index is -1.08. The van der Waals surface area contributed by atoms with Gasteiger partial charge in [0.05, 0.1) is 13.7 Å². The third-order valence-corrected chi connectivity index (χ3v) is 3.40. The predicted octanol–water partition coefficient (Wildman–Crippen LogP) is 3.45. The lowest BCUT2D eigenvalue weighted by molar-refractivity contribution is -0.139. The van der Waals surface area contributed by atoms with Crippen LogP contribution in [0.15, 0.2) is 48.5 Å². The second-order valence-electron chi connectivity index (χ2n) is 5.25. The summed E-state index contributed by atoms with van der Waals surface area (Å²) in [6.07, 6.45) is 3.11. The molecule has 1 N–H and O–H groups in total. The Balaban J connectivity index is 2.12. The summed E-state index contributed by atoms with van der Waals surface area (Å²) in [4.78, 5) is 22.9. The number of carboxylic acids is 1. The first-order valence-corrected chi connectivity index (χ1v) is 8.01. The fourth-order valence-corrected chi connectivity index (χ4v) is 2.22. The van der Waals surface area contributed by atoms with E-state index >= 15 is 0 Å². The van der Waals surface area contributed by atoms with Gasteiger partial charge in [-0.05, 0) is 42.8 Å². The minimum absolute atomic E-state index is 0.223. The normalized spacial score (nSPS) is 10.5. The Morgan fingerprint density at radius 3 is 2.58 bits per heavy atom. The van der Waals surface area contributed by atoms with E-state index in [4.69, 9.17) is 19.3 Å². The van der Waals surface area contributed by atoms with Gasteiger partial charge in [0.1, 0.15) is 5.75 Å². The summed E-state index contributed by atoms with van der Waals surface area (Å²) in [5.74, 6) is 0.257. The summed E-state index contributed by atoms with van der Waals surface area (Å²) in [6.45, 7) is 1.93. The summed E-state index contributed by atoms with van der Waals surface area (Å²) in [6, 6.07) is 11.8. The van der Waals surface area contributed by atoms with Crippen LogP contribution in [0.25, 0.3) is 6.08 Å². The molecule has 0 atom stereocenters. The fraction of sp³-hybridized carbons (Fsp3) is 0.200. The predicted molar refractivity (Wildman–Crippen MR) is 97.1 cm³/mol. The highest BCUT2D eigenvalue weighted by atomic mass is 16.5. The van der Waals surface area contributed by atoms with E-state index in [0.717, 1.165) is 5.56 Å². The third-order valence-electron chi connectivity index (χ3n) is 3.40. The molecule has 26 heavy (non-hydrogen) atoms. The van der Waals surface area contributed by atoms with Crippen LogP contribution in [0.4, 0.5) is 0 Å². The van der Waals surface area contributed by atoms with Gasteiger partial charge in [0.2, 0.25) is 0 Å². The van der Waals surface area contributed by atoms with Crippen molar-refractivity contribution in [1.29, 1.82) is 0 Å². The van der Waals surface area contributed by atoms with Crippen molar-refractivity contribution in [2.45, 2.75) is 6.92 Å². The van der Waals surface area contributed by atoms with Gasteiger partial charge in [0.25, 0.3) is 0 Å². The molecule has 0 fully saturated rings. The van der Waals surface area contributed by atoms with E-state index < -0.39 is 12.6 Å². The maximum absolute atomic E-state index is 12.3. The smallest absolute Gasteiger partial charge is 0.341 e. The lowest BCUT2D eigenvalue weighted by Crippen LogP contribution is -2.09. The molecule has 6 heteroatoms. The number of methoxy groups -OCH3 is 1. The van der Waals surface area contributed by atoms with Crippen LogP contribution in [-0.4, -0.2) is 37.2 Å². The number of allylic oxidation sites excluding steroid dienone is 1. The molecule has 6 nitrogen and oxygen atoms in total. The quantitative estimate of drug-likeness (QED) is 0.547. The van der Waals surface area contributed by atoms with Crippen molar-refractivity contribution >= 4 is 17.8 Å². The first-order chi connectivity index (χ1) is 12.5. The maximum atomic E-state index is 12.3. The highest BCUT2D eigenvalue weighted by Crippen LogP contribution is 2.28. The van der Waals surface area contributed by atoms with Gasteiger partial charge >= 0.3 is 5.97 Å². The van der Waals surface area contributed by atoms with Gasteiger partial charge in [0.15, 0.2) is 23.9 Å². The fourth-order valence-electron chi connectivity index (χ4n) is 2.22. The van der Waals surface area contributed by atoms with E-state index in [-0.39, 0.29) is 5.78 Å². The number of carboxylic acid groups (broad SMARTS) is 1. The summed E-state index contributed by atoms with van der Waals surface area (Å²) in [5.41, 5.74) is 1.20. The summed E-state index contributed by atoms with van der Waals surface area (Å²) >= 11 is 0. The lowest BCUT2D eigenvalue weighted by atomic mass is 10.1. The zero-order valence-corrected chi connectivity index (χ0v) is 14.6. The Kier molecular flexibility index (Phi) is 6.79. The molecule has 0 bridgehead atoms. The van der Waals surface area contributed by atoms with Crippen molar-refractivity contribution in [3.8, 4) is 17.2 Å². The molecule has 0 aliphatic heterocycles. The summed E-state index contributed by atoms with van der Waals surface area (Å²) in [7, 11) is 1.57. The number of rotatable bonds is 9. The van der Waals surface area contributed by atoms with Gasteiger partial charge in [-0.15, -0.1) is 0 Å². The average molecular weight is 356 g/mol. The Bertz CT molecular complexity index is 810. The molecule has 0 aromatic heterocycles. The Hall–Kier alpha value is -3.28. The van der Waals surface area contributed by atoms with E-state index in [1.54, 1.807) is 43.5 Å². The molecule has 0 amide bonds. The van der Waals surface area contributed by atoms with Gasteiger partial charge in [0, 0.05) is 5.56 Å². The molecule has 2 rings (SSSR count). The van der Waals surface area contributed by atoms with E-state index in [1.165, 1.54) is 12.1 Å².